The van der Waals surface area contributed by atoms with E-state index in [-0.39, 0.29) is 10.1 Å². The first-order valence-corrected chi connectivity index (χ1v) is 12.6. The van der Waals surface area contributed by atoms with Gasteiger partial charge in [0.05, 0.1) is 0 Å². The fraction of sp³-hybridized carbons (Fsp3) is 0.150. The normalized spacial score (nSPS) is 11.2. The maximum absolute atomic E-state index is 12.2. The summed E-state index contributed by atoms with van der Waals surface area (Å²) >= 11 is 8.82. The van der Waals surface area contributed by atoms with Gasteiger partial charge < -0.3 is 5.32 Å². The number of anilines is 1. The van der Waals surface area contributed by atoms with E-state index in [0.717, 1.165) is 33.4 Å². The molecule has 0 aliphatic rings. The van der Waals surface area contributed by atoms with Gasteiger partial charge in [0, 0.05) is 34.3 Å². The number of amides is 1. The van der Waals surface area contributed by atoms with E-state index in [1.54, 1.807) is 53.5 Å². The van der Waals surface area contributed by atoms with Crippen LogP contribution in [0.1, 0.15) is 15.9 Å². The molecule has 0 atom stereocenters. The van der Waals surface area contributed by atoms with Gasteiger partial charge in [0.1, 0.15) is 4.21 Å². The summed E-state index contributed by atoms with van der Waals surface area (Å²) in [5, 5.41) is 5.29. The standard InChI is InChI=1S/C20H19ClN2O3S3/c21-17-4-1-3-15(13-17)14-27-12-10-22-20(24)16-6-8-18(9-7-16)23-29(25,26)19-5-2-11-28-19/h1-9,11,13,23H,10,12,14H2,(H,22,24). The number of benzene rings is 2. The van der Waals surface area contributed by atoms with E-state index in [9.17, 15) is 13.2 Å². The van der Waals surface area contributed by atoms with Gasteiger partial charge in [-0.3, -0.25) is 9.52 Å². The minimum atomic E-state index is -3.59. The lowest BCUT2D eigenvalue weighted by Gasteiger charge is -2.08. The maximum Gasteiger partial charge on any atom is 0.271 e. The van der Waals surface area contributed by atoms with Crippen LogP contribution in [0.5, 0.6) is 0 Å². The number of rotatable bonds is 9. The van der Waals surface area contributed by atoms with Crippen molar-refractivity contribution >= 4 is 56.3 Å². The van der Waals surface area contributed by atoms with Crippen LogP contribution in [0.3, 0.4) is 0 Å². The highest BCUT2D eigenvalue weighted by Crippen LogP contribution is 2.20. The zero-order valence-electron chi connectivity index (χ0n) is 15.3. The second kappa shape index (κ2) is 10.2. The van der Waals surface area contributed by atoms with Crippen molar-refractivity contribution in [3.05, 3.63) is 82.2 Å². The molecule has 9 heteroatoms. The number of hydrogen-bond acceptors (Lipinski definition) is 5. The van der Waals surface area contributed by atoms with Crippen LogP contribution in [0.25, 0.3) is 0 Å². The van der Waals surface area contributed by atoms with Gasteiger partial charge >= 0.3 is 0 Å². The van der Waals surface area contributed by atoms with Crippen LogP contribution in [0.2, 0.25) is 5.02 Å². The largest absolute Gasteiger partial charge is 0.351 e. The Kier molecular flexibility index (Phi) is 7.60. The van der Waals surface area contributed by atoms with Crippen molar-refractivity contribution in [2.45, 2.75) is 9.96 Å². The van der Waals surface area contributed by atoms with Crippen LogP contribution < -0.4 is 10.0 Å². The quantitative estimate of drug-likeness (QED) is 0.441. The fourth-order valence-corrected chi connectivity index (χ4v) is 5.54. The number of carbonyl (C=O) groups excluding carboxylic acids is 1. The Balaban J connectivity index is 1.44. The van der Waals surface area contributed by atoms with Gasteiger partial charge in [-0.05, 0) is 53.4 Å². The molecule has 1 aromatic heterocycles. The van der Waals surface area contributed by atoms with Crippen LogP contribution in [-0.2, 0) is 15.8 Å². The number of nitrogens with one attached hydrogen (secondary N) is 2. The highest BCUT2D eigenvalue weighted by atomic mass is 35.5. The molecular formula is C20H19ClN2O3S3. The maximum atomic E-state index is 12.2. The Bertz CT molecular complexity index is 1050. The van der Waals surface area contributed by atoms with Gasteiger partial charge in [0.25, 0.3) is 15.9 Å². The molecule has 0 fully saturated rings. The SMILES string of the molecule is O=C(NCCSCc1cccc(Cl)c1)c1ccc(NS(=O)(=O)c2cccs2)cc1. The number of thiophene rings is 1. The average molecular weight is 467 g/mol. The summed E-state index contributed by atoms with van der Waals surface area (Å²) in [6.07, 6.45) is 0. The Morgan fingerprint density at radius 1 is 1.07 bits per heavy atom. The van der Waals surface area contributed by atoms with Gasteiger partial charge in [-0.25, -0.2) is 8.42 Å². The van der Waals surface area contributed by atoms with Gasteiger partial charge in [-0.1, -0.05) is 29.8 Å². The molecule has 0 spiro atoms. The van der Waals surface area contributed by atoms with E-state index >= 15 is 0 Å². The number of sulfonamides is 1. The second-order valence-electron chi connectivity index (χ2n) is 6.05. The molecule has 2 N–H and O–H groups in total. The molecule has 0 aliphatic heterocycles. The molecule has 1 heterocycles. The Labute approximate surface area is 183 Å². The van der Waals surface area contributed by atoms with E-state index in [0.29, 0.717) is 17.8 Å². The summed E-state index contributed by atoms with van der Waals surface area (Å²) in [6.45, 7) is 0.539. The minimum Gasteiger partial charge on any atom is -0.351 e. The Morgan fingerprint density at radius 3 is 2.55 bits per heavy atom. The van der Waals surface area contributed by atoms with Gasteiger partial charge in [0.15, 0.2) is 0 Å². The molecule has 2 aromatic carbocycles. The third-order valence-corrected chi connectivity index (χ3v) is 7.89. The molecule has 0 saturated carbocycles. The average Bonchev–Trinajstić information content (AvgIpc) is 3.24. The highest BCUT2D eigenvalue weighted by molar-refractivity contribution is 7.98. The number of thioether (sulfide) groups is 1. The van der Waals surface area contributed by atoms with Crippen molar-refractivity contribution in [2.24, 2.45) is 0 Å². The predicted molar refractivity (Wildman–Crippen MR) is 122 cm³/mol. The van der Waals surface area contributed by atoms with Crippen LogP contribution in [-0.4, -0.2) is 26.6 Å². The molecule has 0 radical (unpaired) electrons. The van der Waals surface area contributed by atoms with Crippen LogP contribution >= 0.6 is 34.7 Å². The van der Waals surface area contributed by atoms with E-state index < -0.39 is 10.0 Å². The van der Waals surface area contributed by atoms with E-state index in [4.69, 9.17) is 11.6 Å². The smallest absolute Gasteiger partial charge is 0.271 e. The summed E-state index contributed by atoms with van der Waals surface area (Å²) in [6, 6.07) is 17.3. The summed E-state index contributed by atoms with van der Waals surface area (Å²) in [7, 11) is -3.59. The molecule has 3 aromatic rings. The minimum absolute atomic E-state index is 0.194. The van der Waals surface area contributed by atoms with Crippen LogP contribution in [0, 0.1) is 0 Å². The van der Waals surface area contributed by atoms with Gasteiger partial charge in [-0.2, -0.15) is 11.8 Å². The molecule has 0 aliphatic carbocycles. The van der Waals surface area contributed by atoms with E-state index in [2.05, 4.69) is 10.0 Å². The first-order valence-electron chi connectivity index (χ1n) is 8.71. The summed E-state index contributed by atoms with van der Waals surface area (Å²) in [5.41, 5.74) is 2.03. The number of hydrogen-bond donors (Lipinski definition) is 2. The Morgan fingerprint density at radius 2 is 1.86 bits per heavy atom. The van der Waals surface area contributed by atoms with Crippen molar-refractivity contribution in [1.29, 1.82) is 0 Å². The topological polar surface area (TPSA) is 75.3 Å². The van der Waals surface area contributed by atoms with Crippen molar-refractivity contribution in [3.8, 4) is 0 Å². The fourth-order valence-electron chi connectivity index (χ4n) is 2.47. The molecular weight excluding hydrogens is 448 g/mol. The molecule has 29 heavy (non-hydrogen) atoms. The first-order chi connectivity index (χ1) is 13.9. The van der Waals surface area contributed by atoms with Gasteiger partial charge in [-0.15, -0.1) is 11.3 Å². The molecule has 3 rings (SSSR count). The number of carbonyl (C=O) groups is 1. The molecule has 1 amide bonds. The summed E-state index contributed by atoms with van der Waals surface area (Å²) < 4.78 is 27.2. The predicted octanol–water partition coefficient (Wildman–Crippen LogP) is 4.87. The van der Waals surface area contributed by atoms with Crippen molar-refractivity contribution in [2.75, 3.05) is 17.0 Å². The van der Waals surface area contributed by atoms with Crippen LogP contribution in [0.4, 0.5) is 5.69 Å². The first kappa shape index (κ1) is 21.7. The highest BCUT2D eigenvalue weighted by Gasteiger charge is 2.15. The lowest BCUT2D eigenvalue weighted by atomic mass is 10.2. The third kappa shape index (κ3) is 6.50. The van der Waals surface area contributed by atoms with Crippen molar-refractivity contribution in [3.63, 3.8) is 0 Å². The molecule has 0 unspecified atom stereocenters. The van der Waals surface area contributed by atoms with Crippen LogP contribution in [0.15, 0.2) is 70.3 Å². The molecule has 152 valence electrons. The second-order valence-corrected chi connectivity index (χ2v) is 10.5. The van der Waals surface area contributed by atoms with E-state index in [1.165, 1.54) is 0 Å². The van der Waals surface area contributed by atoms with Crippen molar-refractivity contribution < 1.29 is 13.2 Å². The Hall–Kier alpha value is -2.00. The zero-order chi connectivity index (χ0) is 20.7. The lowest BCUT2D eigenvalue weighted by molar-refractivity contribution is 0.0956. The van der Waals surface area contributed by atoms with Gasteiger partial charge in [0.2, 0.25) is 0 Å². The van der Waals surface area contributed by atoms with Crippen molar-refractivity contribution in [1.82, 2.24) is 5.32 Å². The third-order valence-electron chi connectivity index (χ3n) is 3.85. The zero-order valence-corrected chi connectivity index (χ0v) is 18.5. The summed E-state index contributed by atoms with van der Waals surface area (Å²) in [5.74, 6) is 1.41. The van der Waals surface area contributed by atoms with E-state index in [1.807, 2.05) is 24.3 Å². The molecule has 0 bridgehead atoms. The molecule has 0 saturated heterocycles. The lowest BCUT2D eigenvalue weighted by Crippen LogP contribution is -2.25. The molecule has 5 nitrogen and oxygen atoms in total. The number of halogens is 1. The summed E-state index contributed by atoms with van der Waals surface area (Å²) in [4.78, 5) is 12.2. The monoisotopic (exact) mass is 466 g/mol.